The minimum atomic E-state index is -1.05. The Bertz CT molecular complexity index is 394. The summed E-state index contributed by atoms with van der Waals surface area (Å²) >= 11 is 0. The van der Waals surface area contributed by atoms with E-state index in [1.165, 1.54) is 6.08 Å². The third-order valence-electron chi connectivity index (χ3n) is 2.19. The van der Waals surface area contributed by atoms with Crippen molar-refractivity contribution in [3.8, 4) is 0 Å². The summed E-state index contributed by atoms with van der Waals surface area (Å²) < 4.78 is 4.95. The summed E-state index contributed by atoms with van der Waals surface area (Å²) in [5.74, 6) is -0.337. The first-order valence-corrected chi connectivity index (χ1v) is 7.44. The number of nitrogens with zero attached hydrogens (tertiary/aromatic N) is 2. The second-order valence-electron chi connectivity index (χ2n) is 7.30. The molecule has 1 unspecified atom stereocenters. The predicted molar refractivity (Wildman–Crippen MR) is 85.3 cm³/mol. The Labute approximate surface area is 133 Å². The fourth-order valence-electron chi connectivity index (χ4n) is 1.14. The summed E-state index contributed by atoms with van der Waals surface area (Å²) in [6.07, 6.45) is 1.98. The predicted octanol–water partition coefficient (Wildman–Crippen LogP) is 4.21. The standard InChI is InChI=1S/C16H30N2O4/c1-9-12-20-13(19)10-11-16(8,18-17-14(2,3)4)22-21-15(5,6)7/h9H,1,10-12H2,2-8H3. The van der Waals surface area contributed by atoms with Crippen LogP contribution in [0.4, 0.5) is 0 Å². The van der Waals surface area contributed by atoms with Gasteiger partial charge in [0.15, 0.2) is 0 Å². The lowest BCUT2D eigenvalue weighted by Crippen LogP contribution is -2.33. The Kier molecular flexibility index (Phi) is 7.90. The lowest BCUT2D eigenvalue weighted by atomic mass is 10.1. The molecule has 0 aromatic carbocycles. The molecule has 0 fully saturated rings. The van der Waals surface area contributed by atoms with Crippen molar-refractivity contribution in [2.75, 3.05) is 6.61 Å². The third-order valence-corrected chi connectivity index (χ3v) is 2.19. The first-order valence-electron chi connectivity index (χ1n) is 7.44. The van der Waals surface area contributed by atoms with Gasteiger partial charge in [0.2, 0.25) is 5.72 Å². The molecule has 0 aromatic heterocycles. The van der Waals surface area contributed by atoms with Gasteiger partial charge in [0.1, 0.15) is 6.61 Å². The molecule has 0 saturated heterocycles. The van der Waals surface area contributed by atoms with Crippen molar-refractivity contribution in [3.63, 3.8) is 0 Å². The molecule has 1 atom stereocenters. The van der Waals surface area contributed by atoms with Gasteiger partial charge in [-0.25, -0.2) is 9.78 Å². The summed E-state index contributed by atoms with van der Waals surface area (Å²) in [7, 11) is 0. The van der Waals surface area contributed by atoms with Crippen LogP contribution in [0.15, 0.2) is 22.9 Å². The zero-order valence-corrected chi connectivity index (χ0v) is 14.9. The summed E-state index contributed by atoms with van der Waals surface area (Å²) in [6.45, 7) is 16.8. The van der Waals surface area contributed by atoms with Gasteiger partial charge >= 0.3 is 5.97 Å². The van der Waals surface area contributed by atoms with Crippen molar-refractivity contribution in [1.29, 1.82) is 0 Å². The van der Waals surface area contributed by atoms with E-state index in [0.29, 0.717) is 6.42 Å². The van der Waals surface area contributed by atoms with Crippen LogP contribution in [0, 0.1) is 0 Å². The molecule has 0 aromatic rings. The van der Waals surface area contributed by atoms with Crippen molar-refractivity contribution < 1.29 is 19.3 Å². The average molecular weight is 314 g/mol. The molecule has 6 nitrogen and oxygen atoms in total. The molecular formula is C16H30N2O4. The van der Waals surface area contributed by atoms with Gasteiger partial charge in [-0.15, -0.1) is 0 Å². The largest absolute Gasteiger partial charge is 0.461 e. The van der Waals surface area contributed by atoms with Crippen LogP contribution < -0.4 is 0 Å². The van der Waals surface area contributed by atoms with Gasteiger partial charge in [-0.05, 0) is 48.5 Å². The molecule has 0 aliphatic heterocycles. The number of ether oxygens (including phenoxy) is 1. The Morgan fingerprint density at radius 2 is 1.64 bits per heavy atom. The fourth-order valence-corrected chi connectivity index (χ4v) is 1.14. The molecular weight excluding hydrogens is 284 g/mol. The van der Waals surface area contributed by atoms with Gasteiger partial charge in [-0.2, -0.15) is 10.2 Å². The van der Waals surface area contributed by atoms with Crippen LogP contribution in [-0.4, -0.2) is 29.4 Å². The van der Waals surface area contributed by atoms with E-state index in [9.17, 15) is 4.79 Å². The molecule has 22 heavy (non-hydrogen) atoms. The molecule has 0 bridgehead atoms. The molecule has 0 saturated carbocycles. The van der Waals surface area contributed by atoms with Gasteiger partial charge in [-0.3, -0.25) is 4.79 Å². The van der Waals surface area contributed by atoms with Gasteiger partial charge in [0.25, 0.3) is 0 Å². The van der Waals surface area contributed by atoms with E-state index in [0.717, 1.165) is 0 Å². The lowest BCUT2D eigenvalue weighted by Gasteiger charge is -2.28. The zero-order valence-electron chi connectivity index (χ0n) is 14.9. The summed E-state index contributed by atoms with van der Waals surface area (Å²) in [5, 5.41) is 8.45. The maximum Gasteiger partial charge on any atom is 0.306 e. The van der Waals surface area contributed by atoms with E-state index in [-0.39, 0.29) is 24.5 Å². The smallest absolute Gasteiger partial charge is 0.306 e. The summed E-state index contributed by atoms with van der Waals surface area (Å²) in [4.78, 5) is 22.4. The van der Waals surface area contributed by atoms with Gasteiger partial charge < -0.3 is 4.74 Å². The van der Waals surface area contributed by atoms with Crippen LogP contribution in [0.5, 0.6) is 0 Å². The number of carbonyl (C=O) groups is 1. The van der Waals surface area contributed by atoms with E-state index in [2.05, 4.69) is 16.8 Å². The average Bonchev–Trinajstić information content (AvgIpc) is 2.37. The van der Waals surface area contributed by atoms with Gasteiger partial charge in [0.05, 0.1) is 17.6 Å². The number of esters is 1. The maximum absolute atomic E-state index is 11.6. The third kappa shape index (κ3) is 11.4. The molecule has 0 amide bonds. The molecule has 6 heteroatoms. The highest BCUT2D eigenvalue weighted by molar-refractivity contribution is 5.69. The topological polar surface area (TPSA) is 69.5 Å². The molecule has 0 N–H and O–H groups in total. The van der Waals surface area contributed by atoms with Crippen LogP contribution in [0.2, 0.25) is 0 Å². The fraction of sp³-hybridized carbons (Fsp3) is 0.812. The first kappa shape index (κ1) is 20.7. The highest BCUT2D eigenvalue weighted by Crippen LogP contribution is 2.25. The van der Waals surface area contributed by atoms with Crippen molar-refractivity contribution >= 4 is 5.97 Å². The molecule has 128 valence electrons. The SMILES string of the molecule is C=CCOC(=O)CCC(C)(N=NC(C)(C)C)OOC(C)(C)C. The second kappa shape index (κ2) is 8.39. The summed E-state index contributed by atoms with van der Waals surface area (Å²) in [5.41, 5.74) is -1.87. The van der Waals surface area contributed by atoms with E-state index < -0.39 is 11.3 Å². The number of hydrogen-bond acceptors (Lipinski definition) is 6. The monoisotopic (exact) mass is 314 g/mol. The first-order chi connectivity index (χ1) is 9.87. The molecule has 0 aliphatic rings. The van der Waals surface area contributed by atoms with Crippen LogP contribution in [0.1, 0.15) is 61.3 Å². The van der Waals surface area contributed by atoms with Crippen LogP contribution in [-0.2, 0) is 19.3 Å². The maximum atomic E-state index is 11.6. The zero-order chi connectivity index (χ0) is 17.4. The number of carbonyl (C=O) groups excluding carboxylic acids is 1. The Morgan fingerprint density at radius 3 is 2.09 bits per heavy atom. The van der Waals surface area contributed by atoms with Gasteiger partial charge in [-0.1, -0.05) is 12.7 Å². The van der Waals surface area contributed by atoms with Gasteiger partial charge in [0, 0.05) is 6.42 Å². The quantitative estimate of drug-likeness (QED) is 0.221. The van der Waals surface area contributed by atoms with Crippen molar-refractivity contribution in [2.24, 2.45) is 10.2 Å². The molecule has 0 spiro atoms. The number of azo groups is 1. The van der Waals surface area contributed by atoms with E-state index >= 15 is 0 Å². The van der Waals surface area contributed by atoms with Crippen molar-refractivity contribution in [3.05, 3.63) is 12.7 Å². The minimum Gasteiger partial charge on any atom is -0.461 e. The van der Waals surface area contributed by atoms with Crippen LogP contribution >= 0.6 is 0 Å². The molecule has 0 aliphatic carbocycles. The van der Waals surface area contributed by atoms with Crippen LogP contribution in [0.25, 0.3) is 0 Å². The molecule has 0 rings (SSSR count). The second-order valence-corrected chi connectivity index (χ2v) is 7.30. The van der Waals surface area contributed by atoms with Crippen LogP contribution in [0.3, 0.4) is 0 Å². The lowest BCUT2D eigenvalue weighted by molar-refractivity contribution is -0.401. The highest BCUT2D eigenvalue weighted by atomic mass is 17.2. The van der Waals surface area contributed by atoms with E-state index in [1.54, 1.807) is 6.92 Å². The molecule has 0 radical (unpaired) electrons. The normalized spacial score (nSPS) is 15.6. The Morgan fingerprint density at radius 1 is 1.05 bits per heavy atom. The van der Waals surface area contributed by atoms with E-state index in [4.69, 9.17) is 14.5 Å². The van der Waals surface area contributed by atoms with Crippen molar-refractivity contribution in [1.82, 2.24) is 0 Å². The molecule has 0 heterocycles. The minimum absolute atomic E-state index is 0.154. The number of hydrogen-bond donors (Lipinski definition) is 0. The van der Waals surface area contributed by atoms with Crippen molar-refractivity contribution in [2.45, 2.75) is 78.2 Å². The Hall–Kier alpha value is -1.27. The Balaban J connectivity index is 4.81. The number of rotatable bonds is 8. The van der Waals surface area contributed by atoms with E-state index in [1.807, 2.05) is 41.5 Å². The highest BCUT2D eigenvalue weighted by Gasteiger charge is 2.31. The summed E-state index contributed by atoms with van der Waals surface area (Å²) in [6, 6.07) is 0.